The number of carbonyl (C=O) groups is 2. The topological polar surface area (TPSA) is 86.5 Å². The second-order valence-corrected chi connectivity index (χ2v) is 6.31. The van der Waals surface area contributed by atoms with Crippen LogP contribution in [-0.2, 0) is 4.74 Å². The van der Waals surface area contributed by atoms with Gasteiger partial charge in [0.2, 0.25) is 5.78 Å². The van der Waals surface area contributed by atoms with Gasteiger partial charge in [-0.1, -0.05) is 54.1 Å². The molecule has 0 aromatic heterocycles. The van der Waals surface area contributed by atoms with Crippen molar-refractivity contribution >= 4 is 29.0 Å². The van der Waals surface area contributed by atoms with E-state index in [2.05, 4.69) is 0 Å². The molecule has 0 fully saturated rings. The minimum atomic E-state index is -1.18. The van der Waals surface area contributed by atoms with Crippen molar-refractivity contribution < 1.29 is 19.2 Å². The maximum atomic E-state index is 12.9. The Morgan fingerprint density at radius 1 is 0.857 bits per heavy atom. The first-order valence-corrected chi connectivity index (χ1v) is 8.63. The zero-order chi connectivity index (χ0) is 20.1. The minimum Gasteiger partial charge on any atom is -0.445 e. The number of carbonyl (C=O) groups excluding carboxylic acids is 2. The second-order valence-electron chi connectivity index (χ2n) is 5.87. The summed E-state index contributed by atoms with van der Waals surface area (Å²) in [6.07, 6.45) is -1.18. The maximum Gasteiger partial charge on any atom is 0.339 e. The van der Waals surface area contributed by atoms with Crippen LogP contribution in [0.25, 0.3) is 0 Å². The molecule has 0 aliphatic heterocycles. The van der Waals surface area contributed by atoms with Gasteiger partial charge < -0.3 is 4.74 Å². The first-order valence-electron chi connectivity index (χ1n) is 8.26. The first-order chi connectivity index (χ1) is 13.5. The monoisotopic (exact) mass is 395 g/mol. The highest BCUT2D eigenvalue weighted by molar-refractivity contribution is 6.30. The Balaban J connectivity index is 1.90. The van der Waals surface area contributed by atoms with Crippen LogP contribution in [0.5, 0.6) is 0 Å². The highest BCUT2D eigenvalue weighted by atomic mass is 35.5. The molecule has 0 aliphatic rings. The molecular weight excluding hydrogens is 382 g/mol. The summed E-state index contributed by atoms with van der Waals surface area (Å²) in [5.41, 5.74) is 0.809. The average Bonchev–Trinajstić information content (AvgIpc) is 2.73. The van der Waals surface area contributed by atoms with Gasteiger partial charge in [-0.3, -0.25) is 14.9 Å². The molecule has 7 heteroatoms. The van der Waals surface area contributed by atoms with Gasteiger partial charge in [-0.15, -0.1) is 0 Å². The third-order valence-corrected chi connectivity index (χ3v) is 4.26. The van der Waals surface area contributed by atoms with Crippen molar-refractivity contribution in [3.8, 4) is 0 Å². The zero-order valence-corrected chi connectivity index (χ0v) is 15.2. The Bertz CT molecular complexity index is 1000. The lowest BCUT2D eigenvalue weighted by Crippen LogP contribution is -2.20. The molecule has 28 heavy (non-hydrogen) atoms. The average molecular weight is 396 g/mol. The van der Waals surface area contributed by atoms with E-state index in [0.717, 1.165) is 0 Å². The van der Waals surface area contributed by atoms with E-state index in [9.17, 15) is 19.7 Å². The summed E-state index contributed by atoms with van der Waals surface area (Å²) in [5, 5.41) is 11.2. The molecular formula is C21H14ClNO5. The number of rotatable bonds is 6. The van der Waals surface area contributed by atoms with Gasteiger partial charge in [0, 0.05) is 28.3 Å². The lowest BCUT2D eigenvalue weighted by atomic mass is 9.99. The summed E-state index contributed by atoms with van der Waals surface area (Å²) in [6.45, 7) is 0. The number of nitrogens with zero attached hydrogens (tertiary/aromatic N) is 1. The number of halogens is 1. The van der Waals surface area contributed by atoms with Crippen LogP contribution in [-0.4, -0.2) is 16.7 Å². The van der Waals surface area contributed by atoms with Gasteiger partial charge in [0.1, 0.15) is 0 Å². The number of Topliss-reactive ketones (excluding diaryl/α,β-unsaturated/α-hetero) is 1. The Morgan fingerprint density at radius 3 is 2.04 bits per heavy atom. The van der Waals surface area contributed by atoms with Gasteiger partial charge in [0.25, 0.3) is 5.69 Å². The fourth-order valence-corrected chi connectivity index (χ4v) is 2.68. The maximum absolute atomic E-state index is 12.9. The smallest absolute Gasteiger partial charge is 0.339 e. The fourth-order valence-electron chi connectivity index (χ4n) is 2.56. The Kier molecular flexibility index (Phi) is 5.81. The number of esters is 1. The van der Waals surface area contributed by atoms with Crippen LogP contribution in [0.1, 0.15) is 32.4 Å². The van der Waals surface area contributed by atoms with Crippen LogP contribution in [0.4, 0.5) is 5.69 Å². The molecule has 0 aliphatic carbocycles. The van der Waals surface area contributed by atoms with Crippen molar-refractivity contribution in [2.45, 2.75) is 6.10 Å². The number of benzene rings is 3. The summed E-state index contributed by atoms with van der Waals surface area (Å²) >= 11 is 5.91. The highest BCUT2D eigenvalue weighted by Crippen LogP contribution is 2.26. The minimum absolute atomic E-state index is 0.102. The molecule has 6 nitrogen and oxygen atoms in total. The number of hydrogen-bond donors (Lipinski definition) is 0. The molecule has 0 N–H and O–H groups in total. The molecule has 0 bridgehead atoms. The van der Waals surface area contributed by atoms with Gasteiger partial charge in [0.15, 0.2) is 6.10 Å². The molecule has 3 aromatic rings. The number of nitro benzene ring substituents is 1. The normalized spacial score (nSPS) is 11.5. The Labute approximate surface area is 165 Å². The van der Waals surface area contributed by atoms with Crippen molar-refractivity contribution in [2.24, 2.45) is 0 Å². The van der Waals surface area contributed by atoms with Crippen LogP contribution >= 0.6 is 11.6 Å². The van der Waals surface area contributed by atoms with Gasteiger partial charge in [-0.2, -0.15) is 0 Å². The molecule has 1 atom stereocenters. The molecule has 0 amide bonds. The number of ether oxygens (including phenoxy) is 1. The number of ketones is 1. The predicted octanol–water partition coefficient (Wildman–Crippen LogP) is 5.03. The zero-order valence-electron chi connectivity index (χ0n) is 14.4. The van der Waals surface area contributed by atoms with E-state index in [4.69, 9.17) is 16.3 Å². The molecule has 140 valence electrons. The van der Waals surface area contributed by atoms with Gasteiger partial charge in [-0.05, 0) is 24.3 Å². The highest BCUT2D eigenvalue weighted by Gasteiger charge is 2.27. The van der Waals surface area contributed by atoms with Crippen molar-refractivity contribution in [1.29, 1.82) is 0 Å². The molecule has 0 radical (unpaired) electrons. The molecule has 3 rings (SSSR count). The molecule has 0 saturated heterocycles. The molecule has 0 spiro atoms. The van der Waals surface area contributed by atoms with Gasteiger partial charge in [-0.25, -0.2) is 4.79 Å². The first kappa shape index (κ1) is 19.3. The fraction of sp³-hybridized carbons (Fsp3) is 0.0476. The predicted molar refractivity (Wildman–Crippen MR) is 103 cm³/mol. The van der Waals surface area contributed by atoms with Crippen molar-refractivity contribution in [2.75, 3.05) is 0 Å². The largest absolute Gasteiger partial charge is 0.445 e. The van der Waals surface area contributed by atoms with Crippen LogP contribution in [0.2, 0.25) is 5.02 Å². The Morgan fingerprint density at radius 2 is 1.46 bits per heavy atom. The van der Waals surface area contributed by atoms with Gasteiger partial charge >= 0.3 is 5.97 Å². The quantitative estimate of drug-likeness (QED) is 0.253. The van der Waals surface area contributed by atoms with E-state index in [0.29, 0.717) is 16.1 Å². The van der Waals surface area contributed by atoms with Crippen LogP contribution in [0.15, 0.2) is 78.9 Å². The lowest BCUT2D eigenvalue weighted by molar-refractivity contribution is -0.384. The summed E-state index contributed by atoms with van der Waals surface area (Å²) in [4.78, 5) is 35.7. The van der Waals surface area contributed by atoms with Crippen molar-refractivity contribution in [1.82, 2.24) is 0 Å². The van der Waals surface area contributed by atoms with E-state index in [-0.39, 0.29) is 11.3 Å². The lowest BCUT2D eigenvalue weighted by Gasteiger charge is -2.17. The standard InChI is InChI=1S/C21H14ClNO5/c22-17-10-6-15(7-11-17)20(19(24)14-4-2-1-3-5-14)28-21(25)16-8-12-18(13-9-16)23(26)27/h1-13,20H. The number of hydrogen-bond acceptors (Lipinski definition) is 5. The summed E-state index contributed by atoms with van der Waals surface area (Å²) in [5.74, 6) is -1.16. The summed E-state index contributed by atoms with van der Waals surface area (Å²) < 4.78 is 5.48. The van der Waals surface area contributed by atoms with E-state index in [1.165, 1.54) is 24.3 Å². The van der Waals surface area contributed by atoms with Crippen molar-refractivity contribution in [3.05, 3.63) is 111 Å². The molecule has 0 heterocycles. The van der Waals surface area contributed by atoms with Crippen molar-refractivity contribution in [3.63, 3.8) is 0 Å². The van der Waals surface area contributed by atoms with Crippen LogP contribution < -0.4 is 0 Å². The van der Waals surface area contributed by atoms with E-state index >= 15 is 0 Å². The number of non-ortho nitro benzene ring substituents is 1. The molecule has 0 saturated carbocycles. The van der Waals surface area contributed by atoms with Gasteiger partial charge in [0.05, 0.1) is 10.5 Å². The SMILES string of the molecule is O=C(OC(C(=O)c1ccccc1)c1ccc(Cl)cc1)c1ccc([N+](=O)[O-])cc1. The Hall–Kier alpha value is -3.51. The van der Waals surface area contributed by atoms with E-state index in [1.807, 2.05) is 0 Å². The van der Waals surface area contributed by atoms with E-state index in [1.54, 1.807) is 54.6 Å². The molecule has 1 unspecified atom stereocenters. The van der Waals surface area contributed by atoms with Crippen LogP contribution in [0.3, 0.4) is 0 Å². The summed E-state index contributed by atoms with van der Waals surface area (Å²) in [7, 11) is 0. The van der Waals surface area contributed by atoms with Crippen LogP contribution in [0, 0.1) is 10.1 Å². The van der Waals surface area contributed by atoms with E-state index < -0.39 is 22.8 Å². The third kappa shape index (κ3) is 4.42. The summed E-state index contributed by atoms with van der Waals surface area (Å²) in [6, 6.07) is 19.8. The number of nitro groups is 1. The third-order valence-electron chi connectivity index (χ3n) is 4.01. The molecule has 3 aromatic carbocycles. The second kappa shape index (κ2) is 8.45.